The molecule has 68 valence electrons. The van der Waals surface area contributed by atoms with Crippen molar-refractivity contribution in [3.63, 3.8) is 0 Å². The van der Waals surface area contributed by atoms with Gasteiger partial charge in [-0.25, -0.2) is 0 Å². The predicted molar refractivity (Wildman–Crippen MR) is 56.4 cm³/mol. The number of aromatic nitrogens is 2. The van der Waals surface area contributed by atoms with Crippen LogP contribution in [-0.2, 0) is 0 Å². The summed E-state index contributed by atoms with van der Waals surface area (Å²) in [7, 11) is 0. The topological polar surface area (TPSA) is 25.8 Å². The first kappa shape index (κ1) is 8.63. The standard InChI is InChI=1S/C10H12N2S/c1-5-9-7(3)13-8(4)10(9)6(2)12-11-5/h1-4H3. The Bertz CT molecular complexity index is 429. The molecular formula is C10H12N2S. The molecule has 2 nitrogen and oxygen atoms in total. The zero-order chi connectivity index (χ0) is 9.59. The van der Waals surface area contributed by atoms with Gasteiger partial charge in [-0.1, -0.05) is 0 Å². The maximum Gasteiger partial charge on any atom is 0.0689 e. The molecule has 3 heteroatoms. The van der Waals surface area contributed by atoms with Crippen molar-refractivity contribution >= 4 is 22.1 Å². The number of hydrogen-bond acceptors (Lipinski definition) is 3. The van der Waals surface area contributed by atoms with Gasteiger partial charge in [-0.3, -0.25) is 0 Å². The fourth-order valence-corrected chi connectivity index (χ4v) is 2.97. The van der Waals surface area contributed by atoms with Crippen LogP contribution < -0.4 is 0 Å². The van der Waals surface area contributed by atoms with Crippen molar-refractivity contribution in [2.24, 2.45) is 0 Å². The zero-order valence-electron chi connectivity index (χ0n) is 8.30. The van der Waals surface area contributed by atoms with Crippen LogP contribution in [0.15, 0.2) is 0 Å². The summed E-state index contributed by atoms with van der Waals surface area (Å²) in [5.74, 6) is 0. The van der Waals surface area contributed by atoms with Gasteiger partial charge in [0.15, 0.2) is 0 Å². The van der Waals surface area contributed by atoms with Gasteiger partial charge < -0.3 is 0 Å². The van der Waals surface area contributed by atoms with E-state index in [1.54, 1.807) is 0 Å². The van der Waals surface area contributed by atoms with Crippen molar-refractivity contribution in [1.29, 1.82) is 0 Å². The quantitative estimate of drug-likeness (QED) is 0.641. The van der Waals surface area contributed by atoms with Crippen LogP contribution >= 0.6 is 11.3 Å². The third kappa shape index (κ3) is 1.15. The SMILES string of the molecule is Cc1nnc(C)c2c(C)sc(C)c12. The van der Waals surface area contributed by atoms with E-state index in [0.717, 1.165) is 11.4 Å². The Labute approximate surface area is 81.6 Å². The van der Waals surface area contributed by atoms with E-state index in [2.05, 4.69) is 24.0 Å². The van der Waals surface area contributed by atoms with Crippen LogP contribution in [0, 0.1) is 27.7 Å². The second-order valence-corrected chi connectivity index (χ2v) is 4.76. The van der Waals surface area contributed by atoms with E-state index >= 15 is 0 Å². The van der Waals surface area contributed by atoms with E-state index in [-0.39, 0.29) is 0 Å². The van der Waals surface area contributed by atoms with Gasteiger partial charge in [0.2, 0.25) is 0 Å². The van der Waals surface area contributed by atoms with Gasteiger partial charge in [0.05, 0.1) is 11.4 Å². The molecule has 0 aliphatic carbocycles. The first-order chi connectivity index (χ1) is 6.11. The Kier molecular flexibility index (Phi) is 1.84. The molecule has 2 heterocycles. The normalized spacial score (nSPS) is 11.1. The molecule has 0 N–H and O–H groups in total. The summed E-state index contributed by atoms with van der Waals surface area (Å²) in [5.41, 5.74) is 2.09. The highest BCUT2D eigenvalue weighted by molar-refractivity contribution is 7.13. The first-order valence-corrected chi connectivity index (χ1v) is 5.12. The third-order valence-electron chi connectivity index (χ3n) is 2.33. The minimum Gasteiger partial charge on any atom is -0.155 e. The lowest BCUT2D eigenvalue weighted by Gasteiger charge is -1.99. The van der Waals surface area contributed by atoms with E-state index in [0.29, 0.717) is 0 Å². The maximum atomic E-state index is 4.14. The molecule has 0 bridgehead atoms. The highest BCUT2D eigenvalue weighted by atomic mass is 32.1. The summed E-state index contributed by atoms with van der Waals surface area (Å²) in [5, 5.41) is 10.9. The molecular weight excluding hydrogens is 180 g/mol. The minimum absolute atomic E-state index is 1.04. The van der Waals surface area contributed by atoms with Crippen LogP contribution in [0.4, 0.5) is 0 Å². The Morgan fingerprint density at radius 1 is 0.769 bits per heavy atom. The molecule has 2 rings (SSSR count). The second kappa shape index (κ2) is 2.77. The van der Waals surface area contributed by atoms with Crippen LogP contribution in [0.1, 0.15) is 21.1 Å². The van der Waals surface area contributed by atoms with Crippen molar-refractivity contribution < 1.29 is 0 Å². The molecule has 0 aliphatic heterocycles. The first-order valence-electron chi connectivity index (χ1n) is 4.31. The summed E-state index contributed by atoms with van der Waals surface area (Å²) in [4.78, 5) is 2.70. The molecule has 0 fully saturated rings. The van der Waals surface area contributed by atoms with Crippen LogP contribution in [0.3, 0.4) is 0 Å². The second-order valence-electron chi connectivity index (χ2n) is 3.34. The molecule has 0 saturated heterocycles. The molecule has 2 aromatic rings. The zero-order valence-corrected chi connectivity index (χ0v) is 9.12. The van der Waals surface area contributed by atoms with Crippen LogP contribution in [0.25, 0.3) is 10.8 Å². The summed E-state index contributed by atoms with van der Waals surface area (Å²) in [6.07, 6.45) is 0. The maximum absolute atomic E-state index is 4.14. The fourth-order valence-electron chi connectivity index (χ4n) is 1.81. The highest BCUT2D eigenvalue weighted by Gasteiger charge is 2.11. The van der Waals surface area contributed by atoms with Crippen molar-refractivity contribution in [1.82, 2.24) is 10.2 Å². The van der Waals surface area contributed by atoms with Gasteiger partial charge in [0.25, 0.3) is 0 Å². The van der Waals surface area contributed by atoms with Gasteiger partial charge in [0, 0.05) is 20.5 Å². The molecule has 0 radical (unpaired) electrons. The molecule has 2 aromatic heterocycles. The fraction of sp³-hybridized carbons (Fsp3) is 0.400. The largest absolute Gasteiger partial charge is 0.155 e. The molecule has 0 atom stereocenters. The third-order valence-corrected chi connectivity index (χ3v) is 3.35. The Morgan fingerprint density at radius 2 is 1.15 bits per heavy atom. The van der Waals surface area contributed by atoms with Gasteiger partial charge in [0.1, 0.15) is 0 Å². The average Bonchev–Trinajstić information content (AvgIpc) is 2.36. The predicted octanol–water partition coefficient (Wildman–Crippen LogP) is 2.92. The van der Waals surface area contributed by atoms with Gasteiger partial charge in [-0.15, -0.1) is 11.3 Å². The highest BCUT2D eigenvalue weighted by Crippen LogP contribution is 2.32. The van der Waals surface area contributed by atoms with E-state index in [1.807, 2.05) is 25.2 Å². The number of aryl methyl sites for hydroxylation is 4. The van der Waals surface area contributed by atoms with Crippen molar-refractivity contribution in [3.8, 4) is 0 Å². The Morgan fingerprint density at radius 3 is 1.54 bits per heavy atom. The summed E-state index contributed by atoms with van der Waals surface area (Å²) in [6.45, 7) is 8.34. The van der Waals surface area contributed by atoms with Crippen LogP contribution in [0.5, 0.6) is 0 Å². The summed E-state index contributed by atoms with van der Waals surface area (Å²) < 4.78 is 0. The van der Waals surface area contributed by atoms with Crippen molar-refractivity contribution in [2.45, 2.75) is 27.7 Å². The number of rotatable bonds is 0. The lowest BCUT2D eigenvalue weighted by atomic mass is 10.1. The lowest BCUT2D eigenvalue weighted by Crippen LogP contribution is -1.91. The van der Waals surface area contributed by atoms with Crippen LogP contribution in [-0.4, -0.2) is 10.2 Å². The molecule has 0 aromatic carbocycles. The summed E-state index contributed by atoms with van der Waals surface area (Å²) >= 11 is 1.83. The number of nitrogens with zero attached hydrogens (tertiary/aromatic N) is 2. The average molecular weight is 192 g/mol. The van der Waals surface area contributed by atoms with E-state index in [4.69, 9.17) is 0 Å². The lowest BCUT2D eigenvalue weighted by molar-refractivity contribution is 0.964. The van der Waals surface area contributed by atoms with E-state index in [1.165, 1.54) is 20.5 Å². The molecule has 0 unspecified atom stereocenters. The molecule has 0 aliphatic rings. The Hall–Kier alpha value is -0.960. The molecule has 13 heavy (non-hydrogen) atoms. The minimum atomic E-state index is 1.04. The van der Waals surface area contributed by atoms with Crippen LogP contribution in [0.2, 0.25) is 0 Å². The van der Waals surface area contributed by atoms with Crippen molar-refractivity contribution in [2.75, 3.05) is 0 Å². The smallest absolute Gasteiger partial charge is 0.0689 e. The number of fused-ring (bicyclic) bond motifs is 1. The van der Waals surface area contributed by atoms with Crippen molar-refractivity contribution in [3.05, 3.63) is 21.1 Å². The number of thiophene rings is 1. The summed E-state index contributed by atoms with van der Waals surface area (Å²) in [6, 6.07) is 0. The number of hydrogen-bond donors (Lipinski definition) is 0. The van der Waals surface area contributed by atoms with E-state index < -0.39 is 0 Å². The Balaban J connectivity index is 3.03. The van der Waals surface area contributed by atoms with Gasteiger partial charge in [-0.2, -0.15) is 10.2 Å². The van der Waals surface area contributed by atoms with E-state index in [9.17, 15) is 0 Å². The van der Waals surface area contributed by atoms with Gasteiger partial charge in [-0.05, 0) is 27.7 Å². The molecule has 0 saturated carbocycles. The molecule has 0 spiro atoms. The monoisotopic (exact) mass is 192 g/mol. The molecule has 0 amide bonds. The van der Waals surface area contributed by atoms with Gasteiger partial charge >= 0.3 is 0 Å².